The maximum absolute atomic E-state index is 13.0. The van der Waals surface area contributed by atoms with E-state index in [0.717, 1.165) is 37.3 Å². The van der Waals surface area contributed by atoms with Crippen molar-refractivity contribution in [1.82, 2.24) is 14.7 Å². The highest BCUT2D eigenvalue weighted by molar-refractivity contribution is 7.85. The van der Waals surface area contributed by atoms with Gasteiger partial charge >= 0.3 is 0 Å². The summed E-state index contributed by atoms with van der Waals surface area (Å²) in [5, 5.41) is 4.71. The summed E-state index contributed by atoms with van der Waals surface area (Å²) in [4.78, 5) is 2.30. The molecule has 0 saturated heterocycles. The average molecular weight is 355 g/mol. The molecule has 3 rings (SSSR count). The number of aromatic nitrogens is 2. The lowest BCUT2D eigenvalue weighted by atomic mass is 10.0. The third kappa shape index (κ3) is 4.86. The first kappa shape index (κ1) is 18.6. The molecule has 0 fully saturated rings. The molecule has 8 heteroatoms. The molecule has 2 aromatic rings. The Bertz CT molecular complexity index is 793. The van der Waals surface area contributed by atoms with Crippen molar-refractivity contribution in [2.75, 3.05) is 19.8 Å². The zero-order chi connectivity index (χ0) is 17.9. The summed E-state index contributed by atoms with van der Waals surface area (Å²) in [6.45, 7) is 4.98. The average Bonchev–Trinajstić information content (AvgIpc) is 2.84. The summed E-state index contributed by atoms with van der Waals surface area (Å²) < 4.78 is 41.0. The lowest BCUT2D eigenvalue weighted by Crippen LogP contribution is -2.27. The largest absolute Gasteiger partial charge is 0.302 e. The maximum Gasteiger partial charge on any atom is 0.261 e. The molecule has 0 amide bonds. The van der Waals surface area contributed by atoms with Crippen molar-refractivity contribution in [3.05, 3.63) is 41.3 Å². The molecule has 1 aromatic carbocycles. The van der Waals surface area contributed by atoms with Crippen LogP contribution in [0, 0.1) is 5.82 Å². The monoisotopic (exact) mass is 355 g/mol. The van der Waals surface area contributed by atoms with Crippen LogP contribution in [0.3, 0.4) is 0 Å². The number of aryl methyl sites for hydroxylation is 1. The Labute approximate surface area is 141 Å². The van der Waals surface area contributed by atoms with Crippen LogP contribution in [0.5, 0.6) is 0 Å². The minimum absolute atomic E-state index is 0.204. The van der Waals surface area contributed by atoms with E-state index in [2.05, 4.69) is 23.6 Å². The Hall–Kier alpha value is -1.77. The Balaban J connectivity index is 0.000000368. The van der Waals surface area contributed by atoms with Crippen LogP contribution in [-0.2, 0) is 29.6 Å². The third-order valence-electron chi connectivity index (χ3n) is 3.74. The smallest absolute Gasteiger partial charge is 0.261 e. The predicted molar refractivity (Wildman–Crippen MR) is 90.8 cm³/mol. The van der Waals surface area contributed by atoms with Gasteiger partial charge in [0.25, 0.3) is 10.1 Å². The van der Waals surface area contributed by atoms with E-state index < -0.39 is 10.1 Å². The minimum Gasteiger partial charge on any atom is -0.302 e. The third-order valence-corrected chi connectivity index (χ3v) is 3.74. The highest BCUT2D eigenvalue weighted by Crippen LogP contribution is 2.29. The van der Waals surface area contributed by atoms with E-state index in [1.54, 1.807) is 0 Å². The van der Waals surface area contributed by atoms with Gasteiger partial charge in [-0.2, -0.15) is 13.5 Å². The number of likely N-dealkylation sites (N-methyl/N-ethyl adjacent to an activating group) is 1. The molecule has 1 aliphatic heterocycles. The predicted octanol–water partition coefficient (Wildman–Crippen LogP) is 2.20. The van der Waals surface area contributed by atoms with E-state index in [1.165, 1.54) is 23.4 Å². The number of halogens is 1. The Kier molecular flexibility index (Phi) is 5.74. The van der Waals surface area contributed by atoms with Gasteiger partial charge in [-0.15, -0.1) is 0 Å². The van der Waals surface area contributed by atoms with E-state index in [1.807, 2.05) is 12.1 Å². The number of hydrogen-bond donors (Lipinski definition) is 1. The van der Waals surface area contributed by atoms with Crippen LogP contribution in [0.25, 0.3) is 11.3 Å². The van der Waals surface area contributed by atoms with Gasteiger partial charge in [-0.1, -0.05) is 0 Å². The van der Waals surface area contributed by atoms with E-state index in [9.17, 15) is 12.8 Å². The fraction of sp³-hybridized carbons (Fsp3) is 0.438. The number of nitrogens with zero attached hydrogens (tertiary/aromatic N) is 3. The Morgan fingerprint density at radius 3 is 2.42 bits per heavy atom. The zero-order valence-corrected chi connectivity index (χ0v) is 14.8. The van der Waals surface area contributed by atoms with Gasteiger partial charge < -0.3 is 4.90 Å². The van der Waals surface area contributed by atoms with Crippen LogP contribution in [0.1, 0.15) is 18.2 Å². The van der Waals surface area contributed by atoms with Crippen molar-refractivity contribution in [2.24, 2.45) is 0 Å². The minimum atomic E-state index is -3.67. The van der Waals surface area contributed by atoms with Gasteiger partial charge in [0.2, 0.25) is 0 Å². The first-order chi connectivity index (χ1) is 11.2. The highest BCUT2D eigenvalue weighted by Gasteiger charge is 2.23. The molecule has 24 heavy (non-hydrogen) atoms. The quantitative estimate of drug-likeness (QED) is 0.836. The fourth-order valence-electron chi connectivity index (χ4n) is 2.73. The summed E-state index contributed by atoms with van der Waals surface area (Å²) in [6.07, 6.45) is 1.75. The van der Waals surface area contributed by atoms with Crippen LogP contribution in [0.2, 0.25) is 0 Å². The summed E-state index contributed by atoms with van der Waals surface area (Å²) in [5.41, 5.74) is 4.63. The van der Waals surface area contributed by atoms with Gasteiger partial charge in [-0.25, -0.2) is 4.39 Å². The summed E-state index contributed by atoms with van der Waals surface area (Å²) in [6, 6.07) is 6.62. The van der Waals surface area contributed by atoms with E-state index >= 15 is 0 Å². The fourth-order valence-corrected chi connectivity index (χ4v) is 2.73. The van der Waals surface area contributed by atoms with Crippen LogP contribution >= 0.6 is 0 Å². The molecule has 0 atom stereocenters. The normalized spacial score (nSPS) is 14.7. The molecular weight excluding hydrogens is 333 g/mol. The van der Waals surface area contributed by atoms with Crippen molar-refractivity contribution in [3.63, 3.8) is 0 Å². The number of rotatable bonds is 2. The Morgan fingerprint density at radius 1 is 1.29 bits per heavy atom. The Morgan fingerprint density at radius 2 is 1.88 bits per heavy atom. The van der Waals surface area contributed by atoms with Crippen LogP contribution < -0.4 is 0 Å². The number of hydrogen-bond acceptors (Lipinski definition) is 4. The van der Waals surface area contributed by atoms with Crippen LogP contribution in [0.15, 0.2) is 24.3 Å². The molecular formula is C16H22FN3O3S. The van der Waals surface area contributed by atoms with Crippen LogP contribution in [0.4, 0.5) is 4.39 Å². The molecule has 0 unspecified atom stereocenters. The molecule has 1 aromatic heterocycles. The van der Waals surface area contributed by atoms with Gasteiger partial charge in [0, 0.05) is 42.9 Å². The standard InChI is InChI=1S/C15H18FN3.CH4O3S/c1-3-19-14-8-9-18(2)10-13(14)15(17-19)11-4-6-12(16)7-5-11;1-5(2,3)4/h4-7H,3,8-10H2,1-2H3;1H3,(H,2,3,4). The summed E-state index contributed by atoms with van der Waals surface area (Å²) >= 11 is 0. The molecule has 0 bridgehead atoms. The molecule has 0 radical (unpaired) electrons. The van der Waals surface area contributed by atoms with Gasteiger partial charge in [0.15, 0.2) is 0 Å². The van der Waals surface area contributed by atoms with Crippen molar-refractivity contribution in [3.8, 4) is 11.3 Å². The summed E-state index contributed by atoms with van der Waals surface area (Å²) in [7, 11) is -1.54. The zero-order valence-electron chi connectivity index (χ0n) is 14.0. The maximum atomic E-state index is 13.0. The topological polar surface area (TPSA) is 75.4 Å². The van der Waals surface area contributed by atoms with Gasteiger partial charge in [-0.05, 0) is 38.2 Å². The van der Waals surface area contributed by atoms with Crippen molar-refractivity contribution in [2.45, 2.75) is 26.4 Å². The van der Waals surface area contributed by atoms with Gasteiger partial charge in [0.05, 0.1) is 11.9 Å². The lowest BCUT2D eigenvalue weighted by Gasteiger charge is -2.23. The number of benzene rings is 1. The highest BCUT2D eigenvalue weighted by atomic mass is 32.2. The van der Waals surface area contributed by atoms with E-state index in [-0.39, 0.29) is 5.82 Å². The molecule has 0 spiro atoms. The van der Waals surface area contributed by atoms with Crippen LogP contribution in [-0.4, -0.2) is 47.5 Å². The lowest BCUT2D eigenvalue weighted by molar-refractivity contribution is 0.308. The van der Waals surface area contributed by atoms with Crippen molar-refractivity contribution >= 4 is 10.1 Å². The number of fused-ring (bicyclic) bond motifs is 1. The van der Waals surface area contributed by atoms with Crippen molar-refractivity contribution < 1.29 is 17.4 Å². The molecule has 0 saturated carbocycles. The molecule has 1 N–H and O–H groups in total. The molecule has 6 nitrogen and oxygen atoms in total. The molecule has 2 heterocycles. The SMILES string of the molecule is CCn1nc(-c2ccc(F)cc2)c2c1CCN(C)C2.CS(=O)(=O)O. The second-order valence-corrected chi connectivity index (χ2v) is 7.28. The first-order valence-corrected chi connectivity index (χ1v) is 9.49. The summed E-state index contributed by atoms with van der Waals surface area (Å²) in [5.74, 6) is -0.204. The molecule has 132 valence electrons. The van der Waals surface area contributed by atoms with E-state index in [0.29, 0.717) is 6.26 Å². The molecule has 1 aliphatic rings. The van der Waals surface area contributed by atoms with E-state index in [4.69, 9.17) is 9.65 Å². The second-order valence-electron chi connectivity index (χ2n) is 5.82. The van der Waals surface area contributed by atoms with Gasteiger partial charge in [-0.3, -0.25) is 9.23 Å². The van der Waals surface area contributed by atoms with Gasteiger partial charge in [0.1, 0.15) is 5.82 Å². The second kappa shape index (κ2) is 7.42. The first-order valence-electron chi connectivity index (χ1n) is 7.64. The van der Waals surface area contributed by atoms with Crippen molar-refractivity contribution in [1.29, 1.82) is 0 Å². The molecule has 0 aliphatic carbocycles.